The Kier molecular flexibility index (Phi) is 5.59. The molecule has 0 radical (unpaired) electrons. The van der Waals surface area contributed by atoms with Crippen LogP contribution in [0.5, 0.6) is 0 Å². The summed E-state index contributed by atoms with van der Waals surface area (Å²) in [5, 5.41) is 11.4. The van der Waals surface area contributed by atoms with Gasteiger partial charge in [0.2, 0.25) is 5.91 Å². The minimum absolute atomic E-state index is 0.0584. The van der Waals surface area contributed by atoms with E-state index in [1.807, 2.05) is 13.8 Å². The minimum atomic E-state index is -0.925. The Hall–Kier alpha value is -1.79. The van der Waals surface area contributed by atoms with Gasteiger partial charge in [-0.15, -0.1) is 0 Å². The molecular formula is C12H21N3O4. The Labute approximate surface area is 112 Å². The summed E-state index contributed by atoms with van der Waals surface area (Å²) in [6.07, 6.45) is 0.214. The van der Waals surface area contributed by atoms with Gasteiger partial charge in [0.15, 0.2) is 0 Å². The van der Waals surface area contributed by atoms with Crippen molar-refractivity contribution in [1.29, 1.82) is 0 Å². The van der Waals surface area contributed by atoms with E-state index < -0.39 is 5.97 Å². The molecule has 0 bridgehead atoms. The molecule has 0 aromatic rings. The van der Waals surface area contributed by atoms with Crippen LogP contribution in [0, 0.1) is 0 Å². The van der Waals surface area contributed by atoms with E-state index in [1.165, 1.54) is 4.90 Å². The summed E-state index contributed by atoms with van der Waals surface area (Å²) in [5.74, 6) is -0.983. The maximum Gasteiger partial charge on any atom is 0.320 e. The largest absolute Gasteiger partial charge is 0.481 e. The van der Waals surface area contributed by atoms with Gasteiger partial charge in [0.05, 0.1) is 6.42 Å². The van der Waals surface area contributed by atoms with Gasteiger partial charge in [-0.3, -0.25) is 9.59 Å². The van der Waals surface area contributed by atoms with Crippen LogP contribution in [-0.4, -0.2) is 65.0 Å². The SMILES string of the molecule is CC(C)N(CCC(=O)O)C(=O)N1CCNC(=O)CC1. The molecule has 1 saturated heterocycles. The van der Waals surface area contributed by atoms with Crippen molar-refractivity contribution in [3.8, 4) is 0 Å². The molecular weight excluding hydrogens is 250 g/mol. The van der Waals surface area contributed by atoms with Crippen LogP contribution in [0.25, 0.3) is 0 Å². The normalized spacial score (nSPS) is 15.9. The Balaban J connectivity index is 2.64. The average molecular weight is 271 g/mol. The number of carbonyl (C=O) groups is 3. The van der Waals surface area contributed by atoms with Crippen molar-refractivity contribution in [2.75, 3.05) is 26.2 Å². The van der Waals surface area contributed by atoms with Gasteiger partial charge in [0.1, 0.15) is 0 Å². The number of rotatable bonds is 4. The summed E-state index contributed by atoms with van der Waals surface area (Å²) in [4.78, 5) is 37.3. The summed E-state index contributed by atoms with van der Waals surface area (Å²) >= 11 is 0. The highest BCUT2D eigenvalue weighted by molar-refractivity contribution is 5.79. The number of hydrogen-bond acceptors (Lipinski definition) is 3. The molecule has 19 heavy (non-hydrogen) atoms. The predicted octanol–water partition coefficient (Wildman–Crippen LogP) is 0.113. The Morgan fingerprint density at radius 3 is 2.68 bits per heavy atom. The van der Waals surface area contributed by atoms with Crippen LogP contribution in [0.3, 0.4) is 0 Å². The molecule has 0 atom stereocenters. The van der Waals surface area contributed by atoms with Crippen LogP contribution in [0.15, 0.2) is 0 Å². The smallest absolute Gasteiger partial charge is 0.320 e. The average Bonchev–Trinajstić information content (AvgIpc) is 2.53. The highest BCUT2D eigenvalue weighted by Gasteiger charge is 2.25. The first-order valence-corrected chi connectivity index (χ1v) is 6.46. The van der Waals surface area contributed by atoms with E-state index in [9.17, 15) is 14.4 Å². The van der Waals surface area contributed by atoms with Crippen LogP contribution in [0.2, 0.25) is 0 Å². The number of amides is 3. The number of carboxylic acid groups (broad SMARTS) is 1. The van der Waals surface area contributed by atoms with Crippen LogP contribution < -0.4 is 5.32 Å². The maximum absolute atomic E-state index is 12.3. The second-order valence-electron chi connectivity index (χ2n) is 4.80. The highest BCUT2D eigenvalue weighted by atomic mass is 16.4. The van der Waals surface area contributed by atoms with E-state index in [4.69, 9.17) is 5.11 Å². The molecule has 7 nitrogen and oxygen atoms in total. The Bertz CT molecular complexity index is 357. The third kappa shape index (κ3) is 4.76. The zero-order valence-corrected chi connectivity index (χ0v) is 11.4. The van der Waals surface area contributed by atoms with Gasteiger partial charge in [0, 0.05) is 38.6 Å². The third-order valence-corrected chi connectivity index (χ3v) is 3.02. The van der Waals surface area contributed by atoms with Gasteiger partial charge in [-0.2, -0.15) is 0 Å². The lowest BCUT2D eigenvalue weighted by Gasteiger charge is -2.32. The van der Waals surface area contributed by atoms with Crippen molar-refractivity contribution in [2.24, 2.45) is 0 Å². The molecule has 0 aromatic heterocycles. The minimum Gasteiger partial charge on any atom is -0.481 e. The third-order valence-electron chi connectivity index (χ3n) is 3.02. The molecule has 7 heteroatoms. The Morgan fingerprint density at radius 2 is 2.11 bits per heavy atom. The number of carbonyl (C=O) groups excluding carboxylic acids is 2. The highest BCUT2D eigenvalue weighted by Crippen LogP contribution is 2.08. The molecule has 1 fully saturated rings. The predicted molar refractivity (Wildman–Crippen MR) is 68.7 cm³/mol. The summed E-state index contributed by atoms with van der Waals surface area (Å²) in [7, 11) is 0. The fraction of sp³-hybridized carbons (Fsp3) is 0.750. The van der Waals surface area contributed by atoms with Crippen molar-refractivity contribution >= 4 is 17.9 Å². The van der Waals surface area contributed by atoms with E-state index >= 15 is 0 Å². The number of hydrogen-bond donors (Lipinski definition) is 2. The van der Waals surface area contributed by atoms with Crippen molar-refractivity contribution < 1.29 is 19.5 Å². The number of nitrogens with one attached hydrogen (secondary N) is 1. The second-order valence-corrected chi connectivity index (χ2v) is 4.80. The van der Waals surface area contributed by atoms with Gasteiger partial charge in [-0.1, -0.05) is 0 Å². The first-order valence-electron chi connectivity index (χ1n) is 6.46. The molecule has 108 valence electrons. The van der Waals surface area contributed by atoms with Crippen LogP contribution in [0.1, 0.15) is 26.7 Å². The molecule has 1 aliphatic heterocycles. The second kappa shape index (κ2) is 6.96. The van der Waals surface area contributed by atoms with E-state index in [0.717, 1.165) is 0 Å². The lowest BCUT2D eigenvalue weighted by molar-refractivity contribution is -0.137. The molecule has 1 aliphatic rings. The van der Waals surface area contributed by atoms with Crippen molar-refractivity contribution in [3.63, 3.8) is 0 Å². The number of aliphatic carboxylic acids is 1. The van der Waals surface area contributed by atoms with Gasteiger partial charge < -0.3 is 20.2 Å². The van der Waals surface area contributed by atoms with Crippen molar-refractivity contribution in [2.45, 2.75) is 32.7 Å². The van der Waals surface area contributed by atoms with Gasteiger partial charge in [0.25, 0.3) is 0 Å². The van der Waals surface area contributed by atoms with E-state index in [1.54, 1.807) is 4.90 Å². The first kappa shape index (κ1) is 15.3. The van der Waals surface area contributed by atoms with E-state index in [2.05, 4.69) is 5.32 Å². The van der Waals surface area contributed by atoms with E-state index in [-0.39, 0.29) is 37.4 Å². The van der Waals surface area contributed by atoms with Crippen LogP contribution in [-0.2, 0) is 9.59 Å². The molecule has 3 amide bonds. The summed E-state index contributed by atoms with van der Waals surface area (Å²) in [5.41, 5.74) is 0. The van der Waals surface area contributed by atoms with Crippen molar-refractivity contribution in [3.05, 3.63) is 0 Å². The van der Waals surface area contributed by atoms with Gasteiger partial charge in [-0.05, 0) is 13.8 Å². The molecule has 0 spiro atoms. The topological polar surface area (TPSA) is 90.0 Å². The van der Waals surface area contributed by atoms with Gasteiger partial charge >= 0.3 is 12.0 Å². The number of nitrogens with zero attached hydrogens (tertiary/aromatic N) is 2. The maximum atomic E-state index is 12.3. The molecule has 0 aromatic carbocycles. The molecule has 1 heterocycles. The fourth-order valence-corrected chi connectivity index (χ4v) is 1.93. The molecule has 2 N–H and O–H groups in total. The summed E-state index contributed by atoms with van der Waals surface area (Å²) < 4.78 is 0. The molecule has 0 unspecified atom stereocenters. The van der Waals surface area contributed by atoms with Crippen molar-refractivity contribution in [1.82, 2.24) is 15.1 Å². The van der Waals surface area contributed by atoms with Crippen LogP contribution in [0.4, 0.5) is 4.79 Å². The zero-order chi connectivity index (χ0) is 14.4. The first-order chi connectivity index (χ1) is 8.91. The zero-order valence-electron chi connectivity index (χ0n) is 11.4. The number of carboxylic acids is 1. The van der Waals surface area contributed by atoms with E-state index in [0.29, 0.717) is 19.6 Å². The fourth-order valence-electron chi connectivity index (χ4n) is 1.93. The standard InChI is InChI=1S/C12H21N3O4/c1-9(2)15(7-4-11(17)18)12(19)14-6-3-10(16)13-5-8-14/h9H,3-8H2,1-2H3,(H,13,16)(H,17,18). The summed E-state index contributed by atoms with van der Waals surface area (Å²) in [6.45, 7) is 5.16. The molecule has 1 rings (SSSR count). The molecule has 0 aliphatic carbocycles. The quantitative estimate of drug-likeness (QED) is 0.759. The van der Waals surface area contributed by atoms with Gasteiger partial charge in [-0.25, -0.2) is 4.79 Å². The molecule has 0 saturated carbocycles. The Morgan fingerprint density at radius 1 is 1.42 bits per heavy atom. The summed E-state index contributed by atoms with van der Waals surface area (Å²) in [6, 6.07) is -0.272. The monoisotopic (exact) mass is 271 g/mol. The number of urea groups is 1. The lowest BCUT2D eigenvalue weighted by Crippen LogP contribution is -2.48. The van der Waals surface area contributed by atoms with Crippen LogP contribution >= 0.6 is 0 Å². The lowest BCUT2D eigenvalue weighted by atomic mass is 10.3.